The van der Waals surface area contributed by atoms with E-state index in [4.69, 9.17) is 0 Å². The van der Waals surface area contributed by atoms with Gasteiger partial charge in [0.1, 0.15) is 0 Å². The first kappa shape index (κ1) is 27.3. The predicted octanol–water partition coefficient (Wildman–Crippen LogP) is 7.72. The van der Waals surface area contributed by atoms with Crippen molar-refractivity contribution < 1.29 is 13.2 Å². The molecule has 0 aliphatic heterocycles. The van der Waals surface area contributed by atoms with Crippen molar-refractivity contribution in [1.29, 1.82) is 0 Å². The van der Waals surface area contributed by atoms with E-state index in [0.29, 0.717) is 6.42 Å². The minimum absolute atomic E-state index is 0.316. The second-order valence-corrected chi connectivity index (χ2v) is 17.1. The molecule has 0 heterocycles. The fourth-order valence-corrected chi connectivity index (χ4v) is 15.3. The van der Waals surface area contributed by atoms with E-state index in [-0.39, 0.29) is 4.41 Å². The van der Waals surface area contributed by atoms with Crippen molar-refractivity contribution in [1.82, 2.24) is 0 Å². The number of benzene rings is 3. The molecule has 4 heteroatoms. The molecule has 0 radical (unpaired) electrons. The summed E-state index contributed by atoms with van der Waals surface area (Å²) in [6, 6.07) is 28.2. The average Bonchev–Trinajstić information content (AvgIpc) is 2.88. The Kier molecular flexibility index (Phi) is 10.7. The van der Waals surface area contributed by atoms with Crippen LogP contribution in [0.25, 0.3) is 0 Å². The van der Waals surface area contributed by atoms with Gasteiger partial charge in [-0.15, -0.1) is 0 Å². The van der Waals surface area contributed by atoms with Crippen LogP contribution in [0, 0.1) is 0 Å². The van der Waals surface area contributed by atoms with E-state index in [1.54, 1.807) is 6.08 Å². The van der Waals surface area contributed by atoms with Crippen LogP contribution in [0.4, 0.5) is 13.2 Å². The van der Waals surface area contributed by atoms with Gasteiger partial charge >= 0.3 is 212 Å². The molecule has 0 amide bonds. The van der Waals surface area contributed by atoms with Crippen LogP contribution in [-0.4, -0.2) is 19.4 Å². The molecule has 186 valence electrons. The van der Waals surface area contributed by atoms with Crippen molar-refractivity contribution in [2.24, 2.45) is 0 Å². The Morgan fingerprint density at radius 1 is 0.600 bits per heavy atom. The molecule has 3 rings (SSSR count). The number of alkyl halides is 3. The van der Waals surface area contributed by atoms with Crippen molar-refractivity contribution in [2.45, 2.75) is 70.9 Å². The van der Waals surface area contributed by atoms with Crippen LogP contribution in [0.15, 0.2) is 101 Å². The molecule has 0 unspecified atom stereocenters. The summed E-state index contributed by atoms with van der Waals surface area (Å²) in [5.74, 6) is 0. The Morgan fingerprint density at radius 3 is 1.34 bits per heavy atom. The molecule has 3 aromatic rings. The molecule has 0 bridgehead atoms. The number of allylic oxidation sites excluding steroid dienone is 2. The molecule has 0 aliphatic rings. The molecule has 0 aromatic heterocycles. The summed E-state index contributed by atoms with van der Waals surface area (Å²) in [6.45, 7) is 2.20. The summed E-state index contributed by atoms with van der Waals surface area (Å²) in [5.41, 5.74) is 0. The van der Waals surface area contributed by atoms with Gasteiger partial charge in [-0.3, -0.25) is 0 Å². The molecule has 0 spiro atoms. The third-order valence-corrected chi connectivity index (χ3v) is 17.0. The van der Waals surface area contributed by atoms with Gasteiger partial charge < -0.3 is 0 Å². The average molecular weight is 539 g/mol. The number of halogens is 3. The van der Waals surface area contributed by atoms with Crippen molar-refractivity contribution in [3.63, 3.8) is 0 Å². The zero-order valence-corrected chi connectivity index (χ0v) is 22.8. The second-order valence-electron chi connectivity index (χ2n) is 9.23. The second kappa shape index (κ2) is 13.7. The van der Waals surface area contributed by atoms with E-state index in [1.165, 1.54) is 32.1 Å². The van der Waals surface area contributed by atoms with Crippen molar-refractivity contribution in [3.8, 4) is 0 Å². The van der Waals surface area contributed by atoms with E-state index in [1.807, 2.05) is 91.0 Å². The van der Waals surface area contributed by atoms with E-state index < -0.39 is 19.4 Å². The van der Waals surface area contributed by atoms with Crippen molar-refractivity contribution in [3.05, 3.63) is 101 Å². The van der Waals surface area contributed by atoms with Gasteiger partial charge in [0.15, 0.2) is 0 Å². The molecular formula is C31H37F3Ge. The van der Waals surface area contributed by atoms with Crippen LogP contribution in [0.5, 0.6) is 0 Å². The first-order valence-electron chi connectivity index (χ1n) is 13.0. The normalized spacial score (nSPS) is 12.6. The van der Waals surface area contributed by atoms with E-state index in [9.17, 15) is 13.2 Å². The molecule has 0 aliphatic carbocycles. The molecule has 3 aromatic carbocycles. The Hall–Kier alpha value is -2.27. The summed E-state index contributed by atoms with van der Waals surface area (Å²) in [7, 11) is 0. The van der Waals surface area contributed by atoms with Gasteiger partial charge in [0, 0.05) is 0 Å². The van der Waals surface area contributed by atoms with Crippen LogP contribution < -0.4 is 13.2 Å². The van der Waals surface area contributed by atoms with Gasteiger partial charge in [-0.25, -0.2) is 0 Å². The summed E-state index contributed by atoms with van der Waals surface area (Å²) in [4.78, 5) is 0. The fraction of sp³-hybridized carbons (Fsp3) is 0.355. The molecule has 0 atom stereocenters. The van der Waals surface area contributed by atoms with Crippen molar-refractivity contribution in [2.75, 3.05) is 0 Å². The van der Waals surface area contributed by atoms with Gasteiger partial charge in [-0.2, -0.15) is 0 Å². The third kappa shape index (κ3) is 7.13. The van der Waals surface area contributed by atoms with Gasteiger partial charge in [-0.05, 0) is 0 Å². The Labute approximate surface area is 211 Å². The molecule has 0 N–H and O–H groups in total. The van der Waals surface area contributed by atoms with Crippen LogP contribution in [0.1, 0.15) is 64.7 Å². The van der Waals surface area contributed by atoms with E-state index in [2.05, 4.69) is 6.92 Å². The monoisotopic (exact) mass is 540 g/mol. The summed E-state index contributed by atoms with van der Waals surface area (Å²) < 4.78 is 47.1. The predicted molar refractivity (Wildman–Crippen MR) is 145 cm³/mol. The summed E-state index contributed by atoms with van der Waals surface area (Å²) in [6.07, 6.45) is 6.64. The zero-order valence-electron chi connectivity index (χ0n) is 20.7. The number of hydrogen-bond acceptors (Lipinski definition) is 0. The Morgan fingerprint density at radius 2 is 0.971 bits per heavy atom. The molecule has 0 nitrogen and oxygen atoms in total. The number of hydrogen-bond donors (Lipinski definition) is 0. The van der Waals surface area contributed by atoms with Crippen LogP contribution in [0.3, 0.4) is 0 Å². The molecule has 0 saturated carbocycles. The molecule has 0 saturated heterocycles. The van der Waals surface area contributed by atoms with E-state index >= 15 is 0 Å². The minimum atomic E-state index is -4.40. The maximum absolute atomic E-state index is 15.0. The Balaban J connectivity index is 2.02. The standard InChI is InChI=1S/C31H37F3Ge/c1-2-3-4-5-6-7-8-9-19-26-30(31(32,33)34)35(27-20-13-10-14-21-27,28-22-15-11-16-23-28)29-24-17-12-18-25-29/h10-18,20-26H,2-9,19H2,1H3/b30-26-. The molecule has 0 fully saturated rings. The quantitative estimate of drug-likeness (QED) is 0.154. The third-order valence-electron chi connectivity index (χ3n) is 6.74. The molecule has 35 heavy (non-hydrogen) atoms. The van der Waals surface area contributed by atoms with Gasteiger partial charge in [0.2, 0.25) is 0 Å². The SMILES string of the molecule is CCCCCCCCCC/C=[C](/C(F)(F)F)[Ge]([c]1ccccc1)([c]1ccccc1)[c]1ccccc1. The number of rotatable bonds is 13. The van der Waals surface area contributed by atoms with Crippen molar-refractivity contribution >= 4 is 26.5 Å². The summed E-state index contributed by atoms with van der Waals surface area (Å²) in [5, 5.41) is 0. The van der Waals surface area contributed by atoms with Gasteiger partial charge in [0.25, 0.3) is 0 Å². The maximum atomic E-state index is 15.0. The van der Waals surface area contributed by atoms with Crippen LogP contribution in [-0.2, 0) is 0 Å². The van der Waals surface area contributed by atoms with Gasteiger partial charge in [0.05, 0.1) is 0 Å². The van der Waals surface area contributed by atoms with Gasteiger partial charge in [-0.1, -0.05) is 0 Å². The van der Waals surface area contributed by atoms with Crippen LogP contribution in [0.2, 0.25) is 0 Å². The van der Waals surface area contributed by atoms with Crippen LogP contribution >= 0.6 is 0 Å². The first-order valence-corrected chi connectivity index (χ1v) is 17.1. The summed E-state index contributed by atoms with van der Waals surface area (Å²) >= 11 is -4.28. The first-order chi connectivity index (χ1) is 17.0. The number of unbranched alkanes of at least 4 members (excludes halogenated alkanes) is 8. The Bertz CT molecular complexity index is 915. The zero-order chi connectivity index (χ0) is 25.0. The fourth-order valence-electron chi connectivity index (χ4n) is 5.04. The topological polar surface area (TPSA) is 0 Å². The van der Waals surface area contributed by atoms with E-state index in [0.717, 1.165) is 32.5 Å². The molecular weight excluding hydrogens is 502 g/mol.